The third-order valence-corrected chi connectivity index (χ3v) is 5.28. The minimum atomic E-state index is -3.64. The van der Waals surface area contributed by atoms with Gasteiger partial charge in [-0.05, 0) is 45.2 Å². The van der Waals surface area contributed by atoms with E-state index in [1.807, 2.05) is 43.9 Å². The fourth-order valence-electron chi connectivity index (χ4n) is 3.64. The molecule has 0 fully saturated rings. The molecule has 0 amide bonds. The number of fused-ring (bicyclic) bond motifs is 3. The molecule has 0 aromatic heterocycles. The maximum absolute atomic E-state index is 13.0. The molecule has 1 unspecified atom stereocenters. The van der Waals surface area contributed by atoms with Crippen molar-refractivity contribution in [1.82, 2.24) is 0 Å². The molecule has 1 atom stereocenters. The summed E-state index contributed by atoms with van der Waals surface area (Å²) in [6.07, 6.45) is 2.17. The second kappa shape index (κ2) is 7.84. The van der Waals surface area contributed by atoms with Gasteiger partial charge in [-0.1, -0.05) is 24.3 Å². The predicted octanol–water partition coefficient (Wildman–Crippen LogP) is 3.50. The van der Waals surface area contributed by atoms with Crippen molar-refractivity contribution in [2.75, 3.05) is 24.4 Å². The molecule has 1 aliphatic rings. The van der Waals surface area contributed by atoms with Gasteiger partial charge in [-0.3, -0.25) is 4.79 Å². The van der Waals surface area contributed by atoms with Gasteiger partial charge in [0.15, 0.2) is 0 Å². The van der Waals surface area contributed by atoms with Crippen molar-refractivity contribution in [3.63, 3.8) is 0 Å². The monoisotopic (exact) mass is 421 g/mol. The normalized spacial score (nSPS) is 17.7. The fraction of sp³-hybridized carbons (Fsp3) is 0.476. The van der Waals surface area contributed by atoms with Crippen LogP contribution in [0.1, 0.15) is 45.1 Å². The summed E-state index contributed by atoms with van der Waals surface area (Å²) in [5.74, 6) is -0.860. The van der Waals surface area contributed by atoms with Gasteiger partial charge in [-0.15, -0.1) is 0 Å². The van der Waals surface area contributed by atoms with Gasteiger partial charge in [0.25, 0.3) is 10.1 Å². The Balaban J connectivity index is 2.15. The molecule has 0 saturated carbocycles. The van der Waals surface area contributed by atoms with Crippen molar-refractivity contribution in [2.45, 2.75) is 45.1 Å². The van der Waals surface area contributed by atoms with Crippen molar-refractivity contribution in [3.05, 3.63) is 35.9 Å². The van der Waals surface area contributed by atoms with Crippen LogP contribution in [0.25, 0.3) is 10.8 Å². The number of hydrogen-bond acceptors (Lipinski definition) is 7. The highest BCUT2D eigenvalue weighted by atomic mass is 32.2. The highest BCUT2D eigenvalue weighted by molar-refractivity contribution is 7.85. The molecule has 0 aliphatic carbocycles. The Hall–Kier alpha value is -2.32. The summed E-state index contributed by atoms with van der Waals surface area (Å²) in [6, 6.07) is 8.87. The zero-order valence-electron chi connectivity index (χ0n) is 17.1. The molecule has 8 heteroatoms. The summed E-state index contributed by atoms with van der Waals surface area (Å²) in [5, 5.41) is 12.0. The molecular formula is C21H27NO6S. The number of rotatable bonds is 4. The van der Waals surface area contributed by atoms with Gasteiger partial charge in [-0.2, -0.15) is 8.42 Å². The van der Waals surface area contributed by atoms with Crippen LogP contribution in [0.3, 0.4) is 0 Å². The van der Waals surface area contributed by atoms with Gasteiger partial charge in [-0.25, -0.2) is 4.18 Å². The molecule has 7 nitrogen and oxygen atoms in total. The summed E-state index contributed by atoms with van der Waals surface area (Å²) in [6.45, 7) is 5.78. The molecule has 158 valence electrons. The van der Waals surface area contributed by atoms with Crippen molar-refractivity contribution in [3.8, 4) is 5.75 Å². The lowest BCUT2D eigenvalue weighted by Gasteiger charge is -2.28. The number of carbonyl (C=O) groups is 1. The van der Waals surface area contributed by atoms with E-state index in [1.54, 1.807) is 12.1 Å². The van der Waals surface area contributed by atoms with Gasteiger partial charge >= 0.3 is 5.97 Å². The Morgan fingerprint density at radius 3 is 2.52 bits per heavy atom. The van der Waals surface area contributed by atoms with Crippen molar-refractivity contribution in [1.29, 1.82) is 0 Å². The highest BCUT2D eigenvalue weighted by Gasteiger charge is 2.33. The maximum Gasteiger partial charge on any atom is 0.314 e. The number of nitrogens with zero attached hydrogens (tertiary/aromatic N) is 1. The zero-order chi connectivity index (χ0) is 21.4. The van der Waals surface area contributed by atoms with Crippen molar-refractivity contribution < 1.29 is 27.2 Å². The maximum atomic E-state index is 13.0. The lowest BCUT2D eigenvalue weighted by molar-refractivity contribution is -0.156. The number of ether oxygens (including phenoxy) is 1. The topological polar surface area (TPSA) is 93.1 Å². The molecular weight excluding hydrogens is 394 g/mol. The van der Waals surface area contributed by atoms with E-state index in [2.05, 4.69) is 0 Å². The van der Waals surface area contributed by atoms with Crippen LogP contribution in [-0.4, -0.2) is 44.6 Å². The van der Waals surface area contributed by atoms with Gasteiger partial charge in [0.1, 0.15) is 18.1 Å². The molecule has 2 aromatic rings. The average molecular weight is 422 g/mol. The molecule has 1 N–H and O–H groups in total. The van der Waals surface area contributed by atoms with Crippen LogP contribution >= 0.6 is 0 Å². The molecule has 29 heavy (non-hydrogen) atoms. The van der Waals surface area contributed by atoms with Crippen LogP contribution < -0.4 is 4.90 Å². The van der Waals surface area contributed by atoms with Gasteiger partial charge in [0.2, 0.25) is 0 Å². The van der Waals surface area contributed by atoms with Crippen molar-refractivity contribution in [2.24, 2.45) is 0 Å². The molecule has 0 radical (unpaired) electrons. The summed E-state index contributed by atoms with van der Waals surface area (Å²) < 4.78 is 33.8. The minimum Gasteiger partial charge on any atom is -0.507 e. The molecule has 3 rings (SSSR count). The summed E-state index contributed by atoms with van der Waals surface area (Å²) in [4.78, 5) is 14.8. The number of hydrogen-bond donors (Lipinski definition) is 1. The third kappa shape index (κ3) is 5.00. The van der Waals surface area contributed by atoms with E-state index < -0.39 is 21.6 Å². The number of aromatic hydroxyl groups is 1. The first kappa shape index (κ1) is 21.4. The van der Waals surface area contributed by atoms with E-state index >= 15 is 0 Å². The summed E-state index contributed by atoms with van der Waals surface area (Å²) >= 11 is 0. The average Bonchev–Trinajstić information content (AvgIpc) is 2.77. The summed E-state index contributed by atoms with van der Waals surface area (Å²) in [5.41, 5.74) is 0.669. The fourth-order valence-corrected chi connectivity index (χ4v) is 3.96. The Bertz CT molecular complexity index is 1030. The molecule has 0 spiro atoms. The predicted molar refractivity (Wildman–Crippen MR) is 112 cm³/mol. The largest absolute Gasteiger partial charge is 0.507 e. The molecule has 1 heterocycles. The van der Waals surface area contributed by atoms with Crippen LogP contribution in [-0.2, 0) is 23.8 Å². The smallest absolute Gasteiger partial charge is 0.314 e. The van der Waals surface area contributed by atoms with E-state index in [9.17, 15) is 18.3 Å². The van der Waals surface area contributed by atoms with E-state index in [0.717, 1.165) is 11.6 Å². The third-order valence-electron chi connectivity index (χ3n) is 4.75. The molecule has 2 aromatic carbocycles. The van der Waals surface area contributed by atoms with E-state index in [4.69, 9.17) is 8.92 Å². The van der Waals surface area contributed by atoms with Crippen LogP contribution in [0.2, 0.25) is 0 Å². The second-order valence-electron chi connectivity index (χ2n) is 8.32. The Morgan fingerprint density at radius 2 is 1.90 bits per heavy atom. The molecule has 0 bridgehead atoms. The van der Waals surface area contributed by atoms with Crippen LogP contribution in [0, 0.1) is 0 Å². The quantitative estimate of drug-likeness (QED) is 0.596. The van der Waals surface area contributed by atoms with E-state index in [-0.39, 0.29) is 18.4 Å². The lowest BCUT2D eigenvalue weighted by atomic mass is 9.91. The Morgan fingerprint density at radius 1 is 1.24 bits per heavy atom. The number of benzene rings is 2. The first-order chi connectivity index (χ1) is 13.5. The van der Waals surface area contributed by atoms with E-state index in [0.29, 0.717) is 36.0 Å². The second-order valence-corrected chi connectivity index (χ2v) is 9.97. The standard InChI is InChI=1S/C21H27NO6S/c1-21(2,3)28-20(24)16-10-7-11-22(13-27-29(4,25)26)19-15-9-6-5-8-14(15)18(23)12-17(16)19/h5-6,8-9,12,16,23H,7,10-11,13H2,1-4H3. The SMILES string of the molecule is CC(C)(C)OC(=O)C1CCCN(COS(C)(=O)=O)c2c1cc(O)c1ccccc21. The Kier molecular flexibility index (Phi) is 5.78. The van der Waals surface area contributed by atoms with Gasteiger partial charge < -0.3 is 14.7 Å². The number of anilines is 1. The van der Waals surface area contributed by atoms with Crippen LogP contribution in [0.4, 0.5) is 5.69 Å². The lowest BCUT2D eigenvalue weighted by Crippen LogP contribution is -2.29. The first-order valence-electron chi connectivity index (χ1n) is 9.53. The number of phenols is 1. The highest BCUT2D eigenvalue weighted by Crippen LogP contribution is 2.44. The number of esters is 1. The minimum absolute atomic E-state index is 0.0683. The Labute approximate surface area is 171 Å². The number of phenolic OH excluding ortho intramolecular Hbond substituents is 1. The van der Waals surface area contributed by atoms with Crippen LogP contribution in [0.5, 0.6) is 5.75 Å². The van der Waals surface area contributed by atoms with Crippen LogP contribution in [0.15, 0.2) is 30.3 Å². The zero-order valence-corrected chi connectivity index (χ0v) is 18.0. The van der Waals surface area contributed by atoms with Gasteiger partial charge in [0.05, 0.1) is 17.9 Å². The first-order valence-corrected chi connectivity index (χ1v) is 11.3. The summed E-state index contributed by atoms with van der Waals surface area (Å²) in [7, 11) is -3.64. The van der Waals surface area contributed by atoms with E-state index in [1.165, 1.54) is 0 Å². The van der Waals surface area contributed by atoms with Crippen molar-refractivity contribution >= 4 is 32.5 Å². The van der Waals surface area contributed by atoms with Gasteiger partial charge in [0, 0.05) is 17.3 Å². The molecule has 1 aliphatic heterocycles. The number of carbonyl (C=O) groups excluding carboxylic acids is 1. The molecule has 0 saturated heterocycles.